The summed E-state index contributed by atoms with van der Waals surface area (Å²) < 4.78 is 5.71. The van der Waals surface area contributed by atoms with Crippen LogP contribution in [0.3, 0.4) is 0 Å². The summed E-state index contributed by atoms with van der Waals surface area (Å²) in [4.78, 5) is 4.30. The first-order valence-electron chi connectivity index (χ1n) is 7.41. The van der Waals surface area contributed by atoms with E-state index in [0.717, 1.165) is 18.3 Å². The minimum atomic E-state index is 0.196. The first kappa shape index (κ1) is 14.3. The monoisotopic (exact) mass is 262 g/mol. The molecule has 3 heteroatoms. The maximum absolute atomic E-state index is 5.71. The average Bonchev–Trinajstić information content (AvgIpc) is 3.18. The molecule has 0 aromatic carbocycles. The predicted molar refractivity (Wildman–Crippen MR) is 78.6 cm³/mol. The summed E-state index contributed by atoms with van der Waals surface area (Å²) in [5.74, 6) is 1.98. The molecule has 3 nitrogen and oxygen atoms in total. The molecule has 0 radical (unpaired) electrons. The molecule has 1 aliphatic carbocycles. The number of hydrogen-bond donors (Lipinski definition) is 1. The van der Waals surface area contributed by atoms with Crippen molar-refractivity contribution >= 4 is 0 Å². The van der Waals surface area contributed by atoms with Gasteiger partial charge in [0, 0.05) is 12.2 Å². The molecule has 0 bridgehead atoms. The minimum Gasteiger partial charge on any atom is -0.489 e. The Morgan fingerprint density at radius 3 is 2.63 bits per heavy atom. The quantitative estimate of drug-likeness (QED) is 0.818. The zero-order valence-corrected chi connectivity index (χ0v) is 12.5. The standard InChI is InChI=1S/C16H26N2O/c1-11(2)19-16-7-14(9-17-10-16)13(4)12(3)8-18-15-5-6-15/h7,9-13,15,18H,5-6,8H2,1-4H3. The molecule has 106 valence electrons. The zero-order valence-electron chi connectivity index (χ0n) is 12.5. The smallest absolute Gasteiger partial charge is 0.138 e. The van der Waals surface area contributed by atoms with Crippen LogP contribution >= 0.6 is 0 Å². The third-order valence-electron chi connectivity index (χ3n) is 3.79. The van der Waals surface area contributed by atoms with Crippen LogP contribution in [0.15, 0.2) is 18.5 Å². The fourth-order valence-corrected chi connectivity index (χ4v) is 2.17. The van der Waals surface area contributed by atoms with Crippen molar-refractivity contribution in [2.45, 2.75) is 58.6 Å². The van der Waals surface area contributed by atoms with E-state index in [-0.39, 0.29) is 6.10 Å². The van der Waals surface area contributed by atoms with Crippen LogP contribution in [0.5, 0.6) is 5.75 Å². The molecule has 0 amide bonds. The summed E-state index contributed by atoms with van der Waals surface area (Å²) in [6.45, 7) is 9.74. The largest absolute Gasteiger partial charge is 0.489 e. The van der Waals surface area contributed by atoms with Crippen molar-refractivity contribution in [3.8, 4) is 5.75 Å². The number of nitrogens with one attached hydrogen (secondary N) is 1. The molecule has 19 heavy (non-hydrogen) atoms. The predicted octanol–water partition coefficient (Wildman–Crippen LogP) is 3.36. The fraction of sp³-hybridized carbons (Fsp3) is 0.688. The van der Waals surface area contributed by atoms with E-state index in [1.54, 1.807) is 6.20 Å². The Bertz CT molecular complexity index is 401. The van der Waals surface area contributed by atoms with Crippen LogP contribution in [0.4, 0.5) is 0 Å². The van der Waals surface area contributed by atoms with Gasteiger partial charge in [-0.05, 0) is 56.7 Å². The van der Waals surface area contributed by atoms with E-state index < -0.39 is 0 Å². The molecule has 2 unspecified atom stereocenters. The molecular formula is C16H26N2O. The number of hydrogen-bond acceptors (Lipinski definition) is 3. The minimum absolute atomic E-state index is 0.196. The van der Waals surface area contributed by atoms with Crippen LogP contribution in [0.1, 0.15) is 52.0 Å². The second-order valence-corrected chi connectivity index (χ2v) is 6.07. The zero-order chi connectivity index (χ0) is 13.8. The lowest BCUT2D eigenvalue weighted by molar-refractivity contribution is 0.241. The number of aromatic nitrogens is 1. The van der Waals surface area contributed by atoms with Gasteiger partial charge in [0.25, 0.3) is 0 Å². The first-order chi connectivity index (χ1) is 9.06. The second kappa shape index (κ2) is 6.38. The molecule has 1 aliphatic rings. The highest BCUT2D eigenvalue weighted by Gasteiger charge is 2.23. The fourth-order valence-electron chi connectivity index (χ4n) is 2.17. The van der Waals surface area contributed by atoms with Crippen molar-refractivity contribution in [2.24, 2.45) is 5.92 Å². The maximum Gasteiger partial charge on any atom is 0.138 e. The number of rotatable bonds is 7. The Labute approximate surface area is 116 Å². The first-order valence-corrected chi connectivity index (χ1v) is 7.41. The van der Waals surface area contributed by atoms with Crippen LogP contribution in [-0.4, -0.2) is 23.7 Å². The topological polar surface area (TPSA) is 34.1 Å². The lowest BCUT2D eigenvalue weighted by Gasteiger charge is -2.21. The Balaban J connectivity index is 1.94. The van der Waals surface area contributed by atoms with Gasteiger partial charge in [0.05, 0.1) is 12.3 Å². The number of ether oxygens (including phenoxy) is 1. The molecule has 0 spiro atoms. The van der Waals surface area contributed by atoms with Gasteiger partial charge in [0.15, 0.2) is 0 Å². The highest BCUT2D eigenvalue weighted by molar-refractivity contribution is 5.26. The number of pyridine rings is 1. The van der Waals surface area contributed by atoms with Crippen molar-refractivity contribution in [3.63, 3.8) is 0 Å². The Kier molecular flexibility index (Phi) is 4.81. The van der Waals surface area contributed by atoms with Crippen LogP contribution < -0.4 is 10.1 Å². The molecule has 1 aromatic heterocycles. The van der Waals surface area contributed by atoms with E-state index in [9.17, 15) is 0 Å². The molecule has 1 heterocycles. The Hall–Kier alpha value is -1.09. The van der Waals surface area contributed by atoms with Crippen molar-refractivity contribution in [1.82, 2.24) is 10.3 Å². The van der Waals surface area contributed by atoms with Crippen LogP contribution in [0.2, 0.25) is 0 Å². The summed E-state index contributed by atoms with van der Waals surface area (Å²) in [6, 6.07) is 2.91. The van der Waals surface area contributed by atoms with Crippen LogP contribution in [-0.2, 0) is 0 Å². The molecule has 0 saturated heterocycles. The molecule has 0 aliphatic heterocycles. The van der Waals surface area contributed by atoms with E-state index >= 15 is 0 Å². The molecule has 1 saturated carbocycles. The summed E-state index contributed by atoms with van der Waals surface area (Å²) in [6.07, 6.45) is 6.65. The van der Waals surface area contributed by atoms with Crippen molar-refractivity contribution in [2.75, 3.05) is 6.54 Å². The van der Waals surface area contributed by atoms with Crippen molar-refractivity contribution < 1.29 is 4.74 Å². The van der Waals surface area contributed by atoms with E-state index in [4.69, 9.17) is 4.74 Å². The summed E-state index contributed by atoms with van der Waals surface area (Å²) >= 11 is 0. The third kappa shape index (κ3) is 4.50. The van der Waals surface area contributed by atoms with Gasteiger partial charge in [-0.1, -0.05) is 13.8 Å². The number of nitrogens with zero attached hydrogens (tertiary/aromatic N) is 1. The summed E-state index contributed by atoms with van der Waals surface area (Å²) in [5, 5.41) is 3.60. The van der Waals surface area contributed by atoms with E-state index in [1.165, 1.54) is 18.4 Å². The molecule has 2 atom stereocenters. The van der Waals surface area contributed by atoms with Gasteiger partial charge in [0.1, 0.15) is 5.75 Å². The molecular weight excluding hydrogens is 236 g/mol. The summed E-state index contributed by atoms with van der Waals surface area (Å²) in [5.41, 5.74) is 1.27. The molecule has 2 rings (SSSR count). The normalized spacial score (nSPS) is 18.4. The van der Waals surface area contributed by atoms with E-state index in [2.05, 4.69) is 30.2 Å². The Morgan fingerprint density at radius 1 is 1.26 bits per heavy atom. The van der Waals surface area contributed by atoms with Gasteiger partial charge in [-0.2, -0.15) is 0 Å². The van der Waals surface area contributed by atoms with Gasteiger partial charge in [-0.3, -0.25) is 4.98 Å². The van der Waals surface area contributed by atoms with Crippen LogP contribution in [0, 0.1) is 5.92 Å². The highest BCUT2D eigenvalue weighted by atomic mass is 16.5. The van der Waals surface area contributed by atoms with Gasteiger partial charge in [-0.25, -0.2) is 0 Å². The van der Waals surface area contributed by atoms with Gasteiger partial charge in [-0.15, -0.1) is 0 Å². The van der Waals surface area contributed by atoms with E-state index in [1.807, 2.05) is 20.0 Å². The van der Waals surface area contributed by atoms with Gasteiger partial charge >= 0.3 is 0 Å². The maximum atomic E-state index is 5.71. The van der Waals surface area contributed by atoms with Gasteiger partial charge < -0.3 is 10.1 Å². The average molecular weight is 262 g/mol. The highest BCUT2D eigenvalue weighted by Crippen LogP contribution is 2.27. The molecule has 1 N–H and O–H groups in total. The third-order valence-corrected chi connectivity index (χ3v) is 3.79. The lowest BCUT2D eigenvalue weighted by Crippen LogP contribution is -2.26. The SMILES string of the molecule is CC(C)Oc1cncc(C(C)C(C)CNC2CC2)c1. The van der Waals surface area contributed by atoms with Crippen molar-refractivity contribution in [3.05, 3.63) is 24.0 Å². The second-order valence-electron chi connectivity index (χ2n) is 6.07. The lowest BCUT2D eigenvalue weighted by atomic mass is 9.90. The van der Waals surface area contributed by atoms with Crippen LogP contribution in [0.25, 0.3) is 0 Å². The van der Waals surface area contributed by atoms with Crippen molar-refractivity contribution in [1.29, 1.82) is 0 Å². The molecule has 1 fully saturated rings. The Morgan fingerprint density at radius 2 is 2.00 bits per heavy atom. The van der Waals surface area contributed by atoms with E-state index in [0.29, 0.717) is 11.8 Å². The molecule has 1 aromatic rings. The van der Waals surface area contributed by atoms with Gasteiger partial charge in [0.2, 0.25) is 0 Å². The summed E-state index contributed by atoms with van der Waals surface area (Å²) in [7, 11) is 0.